The molecular formula is C12H10N2O2. The van der Waals surface area contributed by atoms with Gasteiger partial charge in [0, 0.05) is 12.7 Å². The normalized spacial score (nSPS) is 13.9. The van der Waals surface area contributed by atoms with Crippen LogP contribution in [-0.4, -0.2) is 15.8 Å². The predicted molar refractivity (Wildman–Crippen MR) is 56.5 cm³/mol. The Morgan fingerprint density at radius 1 is 1.31 bits per heavy atom. The van der Waals surface area contributed by atoms with Gasteiger partial charge >= 0.3 is 0 Å². The van der Waals surface area contributed by atoms with Crippen molar-refractivity contribution in [3.8, 4) is 0 Å². The molecule has 0 aliphatic carbocycles. The summed E-state index contributed by atoms with van der Waals surface area (Å²) in [5.74, 6) is 0.302. The van der Waals surface area contributed by atoms with E-state index in [0.29, 0.717) is 18.8 Å². The lowest BCUT2D eigenvalue weighted by Gasteiger charge is -2.12. The molecule has 0 fully saturated rings. The van der Waals surface area contributed by atoms with Crippen molar-refractivity contribution in [1.29, 1.82) is 0 Å². The van der Waals surface area contributed by atoms with Gasteiger partial charge in [0.25, 0.3) is 5.91 Å². The zero-order valence-corrected chi connectivity index (χ0v) is 8.59. The number of rotatable bonds is 1. The molecule has 0 saturated heterocycles. The minimum Gasteiger partial charge on any atom is -0.459 e. The number of pyridine rings is 1. The first-order valence-electron chi connectivity index (χ1n) is 5.10. The molecule has 80 valence electrons. The monoisotopic (exact) mass is 214 g/mol. The summed E-state index contributed by atoms with van der Waals surface area (Å²) in [6.07, 6.45) is 3.26. The van der Waals surface area contributed by atoms with E-state index < -0.39 is 0 Å². The van der Waals surface area contributed by atoms with Gasteiger partial charge in [-0.15, -0.1) is 0 Å². The van der Waals surface area contributed by atoms with Crippen LogP contribution in [0.4, 0.5) is 0 Å². The number of amides is 1. The highest BCUT2D eigenvalue weighted by Crippen LogP contribution is 2.22. The second kappa shape index (κ2) is 3.48. The van der Waals surface area contributed by atoms with E-state index >= 15 is 0 Å². The van der Waals surface area contributed by atoms with Crippen LogP contribution in [0.3, 0.4) is 0 Å². The second-order valence-corrected chi connectivity index (χ2v) is 3.75. The Morgan fingerprint density at radius 2 is 2.25 bits per heavy atom. The van der Waals surface area contributed by atoms with E-state index in [9.17, 15) is 4.79 Å². The maximum atomic E-state index is 12.0. The molecule has 1 amide bonds. The third-order valence-corrected chi connectivity index (χ3v) is 2.71. The summed E-state index contributed by atoms with van der Waals surface area (Å²) in [5.41, 5.74) is 2.09. The average molecular weight is 214 g/mol. The third kappa shape index (κ3) is 1.39. The summed E-state index contributed by atoms with van der Waals surface area (Å²) in [4.78, 5) is 18.0. The van der Waals surface area contributed by atoms with Crippen molar-refractivity contribution in [2.24, 2.45) is 0 Å². The summed E-state index contributed by atoms with van der Waals surface area (Å²) in [6.45, 7) is 1.18. The molecule has 4 heteroatoms. The van der Waals surface area contributed by atoms with Gasteiger partial charge in [0.05, 0.1) is 18.5 Å². The lowest BCUT2D eigenvalue weighted by molar-refractivity contribution is 0.0718. The molecule has 1 aliphatic heterocycles. The van der Waals surface area contributed by atoms with Gasteiger partial charge in [0.1, 0.15) is 0 Å². The van der Waals surface area contributed by atoms with E-state index in [0.717, 1.165) is 11.3 Å². The molecule has 0 aromatic carbocycles. The Bertz CT molecular complexity index is 495. The molecule has 0 saturated carbocycles. The number of hydrogen-bond acceptors (Lipinski definition) is 3. The summed E-state index contributed by atoms with van der Waals surface area (Å²) in [5, 5.41) is 0. The van der Waals surface area contributed by atoms with Crippen LogP contribution in [0.2, 0.25) is 0 Å². The highest BCUT2D eigenvalue weighted by atomic mass is 16.3. The number of carbonyl (C=O) groups excluding carboxylic acids is 1. The third-order valence-electron chi connectivity index (χ3n) is 2.71. The van der Waals surface area contributed by atoms with Crippen LogP contribution in [0, 0.1) is 0 Å². The number of nitrogens with zero attached hydrogens (tertiary/aromatic N) is 2. The quantitative estimate of drug-likeness (QED) is 0.727. The number of carbonyl (C=O) groups is 1. The predicted octanol–water partition coefficient (Wildman–Crippen LogP) is 1.83. The van der Waals surface area contributed by atoms with Gasteiger partial charge in [-0.3, -0.25) is 9.78 Å². The maximum Gasteiger partial charge on any atom is 0.290 e. The van der Waals surface area contributed by atoms with Crippen molar-refractivity contribution in [2.75, 3.05) is 0 Å². The van der Waals surface area contributed by atoms with Crippen molar-refractivity contribution in [3.63, 3.8) is 0 Å². The summed E-state index contributed by atoms with van der Waals surface area (Å²) in [7, 11) is 0. The fourth-order valence-corrected chi connectivity index (χ4v) is 1.90. The Labute approximate surface area is 92.5 Å². The topological polar surface area (TPSA) is 46.3 Å². The molecule has 0 atom stereocenters. The molecule has 1 aliphatic rings. The van der Waals surface area contributed by atoms with Crippen molar-refractivity contribution in [3.05, 3.63) is 53.7 Å². The van der Waals surface area contributed by atoms with Crippen molar-refractivity contribution >= 4 is 5.91 Å². The fourth-order valence-electron chi connectivity index (χ4n) is 1.90. The van der Waals surface area contributed by atoms with Crippen LogP contribution in [-0.2, 0) is 13.1 Å². The Balaban J connectivity index is 1.84. The molecular weight excluding hydrogens is 204 g/mol. The second-order valence-electron chi connectivity index (χ2n) is 3.75. The summed E-state index contributed by atoms with van der Waals surface area (Å²) in [6, 6.07) is 7.28. The van der Waals surface area contributed by atoms with Crippen LogP contribution in [0.1, 0.15) is 21.8 Å². The standard InChI is InChI=1S/C12H10N2O2/c15-12(11-4-2-6-16-11)14-7-9-3-1-5-13-10(9)8-14/h1-6H,7-8H2. The number of hydrogen-bond donors (Lipinski definition) is 0. The average Bonchev–Trinajstić information content (AvgIpc) is 2.97. The van der Waals surface area contributed by atoms with E-state index in [2.05, 4.69) is 4.98 Å². The van der Waals surface area contributed by atoms with Gasteiger partial charge in [-0.1, -0.05) is 6.07 Å². The van der Waals surface area contributed by atoms with Gasteiger partial charge in [-0.05, 0) is 23.8 Å². The van der Waals surface area contributed by atoms with Gasteiger partial charge in [0.15, 0.2) is 5.76 Å². The van der Waals surface area contributed by atoms with Crippen molar-refractivity contribution in [1.82, 2.24) is 9.88 Å². The van der Waals surface area contributed by atoms with Gasteiger partial charge in [-0.2, -0.15) is 0 Å². The first-order chi connectivity index (χ1) is 7.84. The van der Waals surface area contributed by atoms with E-state index in [4.69, 9.17) is 4.42 Å². The lowest BCUT2D eigenvalue weighted by atomic mass is 10.2. The molecule has 2 aromatic rings. The molecule has 0 bridgehead atoms. The minimum atomic E-state index is -0.0806. The van der Waals surface area contributed by atoms with E-state index in [1.807, 2.05) is 12.1 Å². The first-order valence-corrected chi connectivity index (χ1v) is 5.10. The smallest absolute Gasteiger partial charge is 0.290 e. The summed E-state index contributed by atoms with van der Waals surface area (Å²) < 4.78 is 5.09. The first kappa shape index (κ1) is 9.15. The van der Waals surface area contributed by atoms with Crippen molar-refractivity contribution in [2.45, 2.75) is 13.1 Å². The largest absolute Gasteiger partial charge is 0.459 e. The number of fused-ring (bicyclic) bond motifs is 1. The molecule has 16 heavy (non-hydrogen) atoms. The zero-order chi connectivity index (χ0) is 11.0. The fraction of sp³-hybridized carbons (Fsp3) is 0.167. The molecule has 0 radical (unpaired) electrons. The lowest BCUT2D eigenvalue weighted by Crippen LogP contribution is -2.24. The zero-order valence-electron chi connectivity index (χ0n) is 8.59. The Kier molecular flexibility index (Phi) is 1.99. The maximum absolute atomic E-state index is 12.0. The summed E-state index contributed by atoms with van der Waals surface area (Å²) >= 11 is 0. The Morgan fingerprint density at radius 3 is 3.00 bits per heavy atom. The van der Waals surface area contributed by atoms with E-state index in [-0.39, 0.29) is 5.91 Å². The number of aromatic nitrogens is 1. The van der Waals surface area contributed by atoms with Crippen LogP contribution in [0.15, 0.2) is 41.1 Å². The van der Waals surface area contributed by atoms with Crippen molar-refractivity contribution < 1.29 is 9.21 Å². The van der Waals surface area contributed by atoms with Crippen LogP contribution >= 0.6 is 0 Å². The Hall–Kier alpha value is -2.10. The van der Waals surface area contributed by atoms with E-state index in [1.165, 1.54) is 6.26 Å². The minimum absolute atomic E-state index is 0.0806. The molecule has 0 unspecified atom stereocenters. The molecule has 3 heterocycles. The van der Waals surface area contributed by atoms with Crippen LogP contribution in [0.5, 0.6) is 0 Å². The van der Waals surface area contributed by atoms with E-state index in [1.54, 1.807) is 23.2 Å². The highest BCUT2D eigenvalue weighted by molar-refractivity contribution is 5.91. The molecule has 0 spiro atoms. The SMILES string of the molecule is O=C(c1ccco1)N1Cc2cccnc2C1. The van der Waals surface area contributed by atoms with Crippen LogP contribution < -0.4 is 0 Å². The van der Waals surface area contributed by atoms with Crippen LogP contribution in [0.25, 0.3) is 0 Å². The number of furan rings is 1. The molecule has 3 rings (SSSR count). The molecule has 0 N–H and O–H groups in total. The van der Waals surface area contributed by atoms with Gasteiger partial charge < -0.3 is 9.32 Å². The molecule has 2 aromatic heterocycles. The van der Waals surface area contributed by atoms with Gasteiger partial charge in [-0.25, -0.2) is 0 Å². The highest BCUT2D eigenvalue weighted by Gasteiger charge is 2.26. The molecule has 4 nitrogen and oxygen atoms in total. The van der Waals surface area contributed by atoms with Gasteiger partial charge in [0.2, 0.25) is 0 Å².